The van der Waals surface area contributed by atoms with Crippen LogP contribution in [0.25, 0.3) is 10.2 Å². The highest BCUT2D eigenvalue weighted by atomic mass is 35.5. The first-order chi connectivity index (χ1) is 9.15. The van der Waals surface area contributed by atoms with E-state index in [1.54, 1.807) is 11.3 Å². The Kier molecular flexibility index (Phi) is 3.60. The molecule has 0 radical (unpaired) electrons. The Morgan fingerprint density at radius 2 is 2.05 bits per heavy atom. The van der Waals surface area contributed by atoms with Gasteiger partial charge in [-0.05, 0) is 12.0 Å². The highest BCUT2D eigenvalue weighted by Gasteiger charge is 2.17. The molecule has 1 aliphatic heterocycles. The summed E-state index contributed by atoms with van der Waals surface area (Å²) in [6.45, 7) is 7.44. The third-order valence-electron chi connectivity index (χ3n) is 3.22. The minimum Gasteiger partial charge on any atom is -0.378 e. The minimum atomic E-state index is 0.488. The number of anilines is 1. The van der Waals surface area contributed by atoms with E-state index in [9.17, 15) is 0 Å². The first-order valence-corrected chi connectivity index (χ1v) is 7.64. The van der Waals surface area contributed by atoms with Gasteiger partial charge < -0.3 is 9.64 Å². The Labute approximate surface area is 121 Å². The number of hydrogen-bond acceptors (Lipinski definition) is 5. The summed E-state index contributed by atoms with van der Waals surface area (Å²) in [5.74, 6) is 1.21. The van der Waals surface area contributed by atoms with Crippen LogP contribution in [0.5, 0.6) is 0 Å². The van der Waals surface area contributed by atoms with Gasteiger partial charge in [0.1, 0.15) is 9.98 Å². The molecule has 0 amide bonds. The van der Waals surface area contributed by atoms with Crippen LogP contribution in [0.2, 0.25) is 5.15 Å². The predicted octanol–water partition coefficient (Wildman–Crippen LogP) is 3.30. The third-order valence-corrected chi connectivity index (χ3v) is 4.83. The van der Waals surface area contributed by atoms with Crippen molar-refractivity contribution in [1.29, 1.82) is 0 Å². The zero-order valence-corrected chi connectivity index (χ0v) is 12.6. The Hall–Kier alpha value is -0.910. The fraction of sp³-hybridized carbons (Fsp3) is 0.538. The Bertz CT molecular complexity index is 593. The minimum absolute atomic E-state index is 0.488. The SMILES string of the molecule is CC(C)c1cc2c(Cl)nc(N3CCOCC3)nc2s1. The second-order valence-corrected chi connectivity index (χ2v) is 6.36. The van der Waals surface area contributed by atoms with Crippen LogP contribution < -0.4 is 4.90 Å². The van der Waals surface area contributed by atoms with Crippen molar-refractivity contribution in [2.24, 2.45) is 0 Å². The normalized spacial score (nSPS) is 16.5. The van der Waals surface area contributed by atoms with Crippen LogP contribution in [0.15, 0.2) is 6.07 Å². The molecule has 0 unspecified atom stereocenters. The lowest BCUT2D eigenvalue weighted by Gasteiger charge is -2.26. The van der Waals surface area contributed by atoms with Crippen LogP contribution in [-0.4, -0.2) is 36.3 Å². The van der Waals surface area contributed by atoms with E-state index in [1.165, 1.54) is 4.88 Å². The number of rotatable bonds is 2. The Balaban J connectivity index is 2.02. The number of morpholine rings is 1. The molecule has 1 fully saturated rings. The molecule has 3 rings (SSSR count). The van der Waals surface area contributed by atoms with Crippen LogP contribution in [0.4, 0.5) is 5.95 Å². The molecular weight excluding hydrogens is 282 g/mol. The van der Waals surface area contributed by atoms with Gasteiger partial charge in [0.2, 0.25) is 5.95 Å². The summed E-state index contributed by atoms with van der Waals surface area (Å²) in [4.78, 5) is 13.5. The van der Waals surface area contributed by atoms with Crippen molar-refractivity contribution >= 4 is 39.1 Å². The van der Waals surface area contributed by atoms with Gasteiger partial charge in [0.05, 0.1) is 13.2 Å². The van der Waals surface area contributed by atoms with Gasteiger partial charge in [0.15, 0.2) is 0 Å². The van der Waals surface area contributed by atoms with Gasteiger partial charge in [-0.15, -0.1) is 11.3 Å². The molecule has 0 bridgehead atoms. The Morgan fingerprint density at radius 1 is 1.32 bits per heavy atom. The van der Waals surface area contributed by atoms with Gasteiger partial charge in [-0.25, -0.2) is 9.97 Å². The molecule has 1 aliphatic rings. The van der Waals surface area contributed by atoms with Gasteiger partial charge in [-0.2, -0.15) is 0 Å². The number of thiophene rings is 1. The lowest BCUT2D eigenvalue weighted by Crippen LogP contribution is -2.37. The molecule has 102 valence electrons. The van der Waals surface area contributed by atoms with Crippen molar-refractivity contribution in [3.05, 3.63) is 16.1 Å². The summed E-state index contributed by atoms with van der Waals surface area (Å²) < 4.78 is 5.35. The summed E-state index contributed by atoms with van der Waals surface area (Å²) in [6.07, 6.45) is 0. The highest BCUT2D eigenvalue weighted by molar-refractivity contribution is 7.18. The monoisotopic (exact) mass is 297 g/mol. The van der Waals surface area contributed by atoms with Gasteiger partial charge >= 0.3 is 0 Å². The first-order valence-electron chi connectivity index (χ1n) is 6.45. The largest absolute Gasteiger partial charge is 0.378 e. The molecule has 2 aromatic heterocycles. The van der Waals surface area contributed by atoms with Crippen molar-refractivity contribution in [1.82, 2.24) is 9.97 Å². The van der Waals surface area contributed by atoms with E-state index in [0.717, 1.165) is 42.5 Å². The van der Waals surface area contributed by atoms with E-state index in [1.807, 2.05) is 0 Å². The van der Waals surface area contributed by atoms with Gasteiger partial charge in [-0.3, -0.25) is 0 Å². The second kappa shape index (κ2) is 5.23. The fourth-order valence-corrected chi connectivity index (χ4v) is 3.39. The molecular formula is C13H16ClN3OS. The molecule has 0 aliphatic carbocycles. The van der Waals surface area contributed by atoms with Crippen LogP contribution >= 0.6 is 22.9 Å². The number of halogens is 1. The zero-order chi connectivity index (χ0) is 13.4. The van der Waals surface area contributed by atoms with Crippen molar-refractivity contribution in [3.8, 4) is 0 Å². The van der Waals surface area contributed by atoms with E-state index in [2.05, 4.69) is 34.8 Å². The van der Waals surface area contributed by atoms with Crippen molar-refractivity contribution < 1.29 is 4.74 Å². The third kappa shape index (κ3) is 2.55. The van der Waals surface area contributed by atoms with Crippen molar-refractivity contribution in [2.45, 2.75) is 19.8 Å². The summed E-state index contributed by atoms with van der Waals surface area (Å²) in [5, 5.41) is 1.52. The lowest BCUT2D eigenvalue weighted by molar-refractivity contribution is 0.122. The summed E-state index contributed by atoms with van der Waals surface area (Å²) in [6, 6.07) is 2.11. The predicted molar refractivity (Wildman–Crippen MR) is 79.5 cm³/mol. The average molecular weight is 298 g/mol. The Morgan fingerprint density at radius 3 is 2.74 bits per heavy atom. The summed E-state index contributed by atoms with van der Waals surface area (Å²) in [7, 11) is 0. The van der Waals surface area contributed by atoms with Crippen LogP contribution in [-0.2, 0) is 4.74 Å². The maximum atomic E-state index is 6.30. The molecule has 1 saturated heterocycles. The molecule has 0 saturated carbocycles. The molecule has 3 heterocycles. The van der Waals surface area contributed by atoms with E-state index < -0.39 is 0 Å². The molecule has 19 heavy (non-hydrogen) atoms. The van der Waals surface area contributed by atoms with Gasteiger partial charge in [0.25, 0.3) is 0 Å². The molecule has 0 N–H and O–H groups in total. The fourth-order valence-electron chi connectivity index (χ4n) is 2.08. The van der Waals surface area contributed by atoms with Crippen LogP contribution in [0.3, 0.4) is 0 Å². The highest BCUT2D eigenvalue weighted by Crippen LogP contribution is 2.34. The van der Waals surface area contributed by atoms with Crippen molar-refractivity contribution in [3.63, 3.8) is 0 Å². The number of aromatic nitrogens is 2. The van der Waals surface area contributed by atoms with E-state index in [4.69, 9.17) is 16.3 Å². The van der Waals surface area contributed by atoms with Crippen LogP contribution in [0, 0.1) is 0 Å². The molecule has 0 atom stereocenters. The van der Waals surface area contributed by atoms with Gasteiger partial charge in [0, 0.05) is 23.4 Å². The molecule has 2 aromatic rings. The first kappa shape index (κ1) is 13.1. The standard InChI is InChI=1S/C13H16ClN3OS/c1-8(2)10-7-9-11(14)15-13(16-12(9)19-10)17-3-5-18-6-4-17/h7-8H,3-6H2,1-2H3. The molecule has 0 aromatic carbocycles. The van der Waals surface area contributed by atoms with Crippen molar-refractivity contribution in [2.75, 3.05) is 31.2 Å². The number of ether oxygens (including phenoxy) is 1. The van der Waals surface area contributed by atoms with E-state index in [-0.39, 0.29) is 0 Å². The number of hydrogen-bond donors (Lipinski definition) is 0. The average Bonchev–Trinajstić information content (AvgIpc) is 2.84. The summed E-state index contributed by atoms with van der Waals surface area (Å²) >= 11 is 8.00. The maximum Gasteiger partial charge on any atom is 0.228 e. The number of nitrogens with zero attached hydrogens (tertiary/aromatic N) is 3. The van der Waals surface area contributed by atoms with E-state index >= 15 is 0 Å². The van der Waals surface area contributed by atoms with Crippen LogP contribution in [0.1, 0.15) is 24.6 Å². The zero-order valence-electron chi connectivity index (χ0n) is 11.0. The topological polar surface area (TPSA) is 38.2 Å². The molecule has 0 spiro atoms. The molecule has 4 nitrogen and oxygen atoms in total. The maximum absolute atomic E-state index is 6.30. The lowest BCUT2D eigenvalue weighted by atomic mass is 10.2. The quantitative estimate of drug-likeness (QED) is 0.797. The smallest absolute Gasteiger partial charge is 0.228 e. The number of fused-ring (bicyclic) bond motifs is 1. The van der Waals surface area contributed by atoms with E-state index in [0.29, 0.717) is 11.1 Å². The summed E-state index contributed by atoms with van der Waals surface area (Å²) in [5.41, 5.74) is 0. The van der Waals surface area contributed by atoms with Gasteiger partial charge in [-0.1, -0.05) is 25.4 Å². The second-order valence-electron chi connectivity index (χ2n) is 4.94. The molecule has 6 heteroatoms.